The number of amides is 2. The number of hydrogen-bond acceptors (Lipinski definition) is 8. The second-order valence-corrected chi connectivity index (χ2v) is 9.97. The fourth-order valence-corrected chi connectivity index (χ4v) is 4.91. The number of aliphatic hydroxyl groups excluding tert-OH is 2. The molecule has 2 amide bonds. The molecule has 2 saturated heterocycles. The van der Waals surface area contributed by atoms with E-state index in [1.165, 1.54) is 0 Å². The van der Waals surface area contributed by atoms with Gasteiger partial charge in [0.05, 0.1) is 24.9 Å². The first-order valence-corrected chi connectivity index (χ1v) is 13.2. The molecule has 2 aromatic rings. The molecule has 2 aromatic carbocycles. The van der Waals surface area contributed by atoms with Crippen molar-refractivity contribution in [3.63, 3.8) is 0 Å². The Morgan fingerprint density at radius 3 is 2.45 bits per heavy atom. The predicted octanol–water partition coefficient (Wildman–Crippen LogP) is 2.80. The Labute approximate surface area is 222 Å². The molecule has 10 nitrogen and oxygen atoms in total. The van der Waals surface area contributed by atoms with Gasteiger partial charge < -0.3 is 25.0 Å². The smallest absolute Gasteiger partial charge is 0.243 e. The number of anilines is 1. The Morgan fingerprint density at radius 2 is 1.76 bits per heavy atom. The molecule has 0 saturated carbocycles. The standard InChI is InChI=1S/C28H37N3O7/c32-18-19-8-10-20(11-9-19)25-15-24(17-31-13-12-23(33)16-31)37-28(38-25)21-4-3-5-22(14-21)29-26(34)6-1-2-7-27(35)30-36/h3-5,8-11,14,23-25,28,32-33,36H,1-2,6-7,12-13,15-18H2,(H,29,34)(H,30,35). The first-order valence-electron chi connectivity index (χ1n) is 13.2. The monoisotopic (exact) mass is 527 g/mol. The van der Waals surface area contributed by atoms with E-state index in [9.17, 15) is 19.8 Å². The zero-order chi connectivity index (χ0) is 26.9. The van der Waals surface area contributed by atoms with E-state index in [4.69, 9.17) is 14.7 Å². The summed E-state index contributed by atoms with van der Waals surface area (Å²) in [6.07, 6.45) is 1.59. The van der Waals surface area contributed by atoms with Gasteiger partial charge in [-0.05, 0) is 42.5 Å². The molecule has 2 heterocycles. The minimum Gasteiger partial charge on any atom is -0.392 e. The molecule has 2 fully saturated rings. The largest absolute Gasteiger partial charge is 0.392 e. The van der Waals surface area contributed by atoms with Gasteiger partial charge in [-0.2, -0.15) is 0 Å². The molecule has 0 bridgehead atoms. The third-order valence-corrected chi connectivity index (χ3v) is 6.95. The van der Waals surface area contributed by atoms with Crippen molar-refractivity contribution in [2.75, 3.05) is 25.0 Å². The van der Waals surface area contributed by atoms with Crippen molar-refractivity contribution in [2.24, 2.45) is 0 Å². The third kappa shape index (κ3) is 8.07. The number of hydrogen-bond donors (Lipinski definition) is 5. The summed E-state index contributed by atoms with van der Waals surface area (Å²) >= 11 is 0. The summed E-state index contributed by atoms with van der Waals surface area (Å²) in [5.41, 5.74) is 4.83. The number of hydroxylamine groups is 1. The average Bonchev–Trinajstić information content (AvgIpc) is 3.35. The highest BCUT2D eigenvalue weighted by atomic mass is 16.7. The SMILES string of the molecule is O=C(CCCCC(=O)Nc1cccc(C2OC(CN3CCC(O)C3)CC(c3ccc(CO)cc3)O2)c1)NO. The van der Waals surface area contributed by atoms with Crippen LogP contribution in [0, 0.1) is 0 Å². The molecular weight excluding hydrogens is 490 g/mol. The Hall–Kier alpha value is -2.86. The lowest BCUT2D eigenvalue weighted by Gasteiger charge is -2.38. The fourth-order valence-electron chi connectivity index (χ4n) is 4.91. The number of nitrogens with zero attached hydrogens (tertiary/aromatic N) is 1. The molecule has 0 spiro atoms. The lowest BCUT2D eigenvalue weighted by molar-refractivity contribution is -0.252. The normalized spacial score (nSPS) is 23.8. The van der Waals surface area contributed by atoms with Crippen LogP contribution in [0.1, 0.15) is 67.6 Å². The van der Waals surface area contributed by atoms with E-state index < -0.39 is 12.2 Å². The highest BCUT2D eigenvalue weighted by molar-refractivity contribution is 5.90. The number of benzene rings is 2. The molecule has 5 N–H and O–H groups in total. The molecule has 206 valence electrons. The van der Waals surface area contributed by atoms with Crippen LogP contribution in [0.2, 0.25) is 0 Å². The Balaban J connectivity index is 1.42. The van der Waals surface area contributed by atoms with E-state index in [-0.39, 0.29) is 43.7 Å². The molecule has 4 unspecified atom stereocenters. The van der Waals surface area contributed by atoms with Crippen LogP contribution >= 0.6 is 0 Å². The van der Waals surface area contributed by atoms with Crippen LogP contribution in [0.3, 0.4) is 0 Å². The number of likely N-dealkylation sites (tertiary alicyclic amines) is 1. The number of carbonyl (C=O) groups is 2. The van der Waals surface area contributed by atoms with Gasteiger partial charge in [-0.25, -0.2) is 5.48 Å². The van der Waals surface area contributed by atoms with E-state index in [1.807, 2.05) is 42.5 Å². The lowest BCUT2D eigenvalue weighted by Crippen LogP contribution is -2.38. The number of aliphatic hydroxyl groups is 2. The zero-order valence-electron chi connectivity index (χ0n) is 21.4. The minimum atomic E-state index is -0.641. The number of ether oxygens (including phenoxy) is 2. The van der Waals surface area contributed by atoms with Crippen LogP contribution in [0.15, 0.2) is 48.5 Å². The summed E-state index contributed by atoms with van der Waals surface area (Å²) in [6, 6.07) is 15.1. The fraction of sp³-hybridized carbons (Fsp3) is 0.500. The van der Waals surface area contributed by atoms with Gasteiger partial charge in [-0.1, -0.05) is 36.4 Å². The first kappa shape index (κ1) is 28.2. The van der Waals surface area contributed by atoms with Gasteiger partial charge in [0.15, 0.2) is 6.29 Å². The number of nitrogens with one attached hydrogen (secondary N) is 2. The summed E-state index contributed by atoms with van der Waals surface area (Å²) < 4.78 is 12.8. The number of unbranched alkanes of at least 4 members (excludes halogenated alkanes) is 1. The van der Waals surface area contributed by atoms with Crippen molar-refractivity contribution < 1.29 is 34.5 Å². The molecule has 38 heavy (non-hydrogen) atoms. The topological polar surface area (TPSA) is 141 Å². The average molecular weight is 528 g/mol. The van der Waals surface area contributed by atoms with Gasteiger partial charge in [0, 0.05) is 50.1 Å². The molecule has 10 heteroatoms. The zero-order valence-corrected chi connectivity index (χ0v) is 21.4. The summed E-state index contributed by atoms with van der Waals surface area (Å²) in [5.74, 6) is -0.628. The van der Waals surface area contributed by atoms with Crippen molar-refractivity contribution in [2.45, 2.75) is 69.7 Å². The number of carbonyl (C=O) groups excluding carboxylic acids is 2. The number of β-amino-alcohol motifs (C(OH)–C–C–N with tert-alkyl or cyclic N) is 1. The van der Waals surface area contributed by atoms with Crippen molar-refractivity contribution in [3.05, 3.63) is 65.2 Å². The summed E-state index contributed by atoms with van der Waals surface area (Å²) in [4.78, 5) is 25.7. The molecular formula is C28H37N3O7. The van der Waals surface area contributed by atoms with Gasteiger partial charge in [0.2, 0.25) is 11.8 Å². The van der Waals surface area contributed by atoms with E-state index >= 15 is 0 Å². The van der Waals surface area contributed by atoms with E-state index in [1.54, 1.807) is 11.5 Å². The Bertz CT molecular complexity index is 1060. The van der Waals surface area contributed by atoms with Crippen LogP contribution in [0.4, 0.5) is 5.69 Å². The lowest BCUT2D eigenvalue weighted by atomic mass is 9.99. The maximum absolute atomic E-state index is 12.4. The Morgan fingerprint density at radius 1 is 1.00 bits per heavy atom. The molecule has 0 radical (unpaired) electrons. The van der Waals surface area contributed by atoms with Gasteiger partial charge in [-0.3, -0.25) is 19.7 Å². The quantitative estimate of drug-likeness (QED) is 0.171. The van der Waals surface area contributed by atoms with Crippen LogP contribution in [-0.2, 0) is 25.7 Å². The Kier molecular flexibility index (Phi) is 10.2. The van der Waals surface area contributed by atoms with Crippen molar-refractivity contribution in [3.8, 4) is 0 Å². The van der Waals surface area contributed by atoms with Crippen LogP contribution in [0.25, 0.3) is 0 Å². The van der Waals surface area contributed by atoms with Crippen LogP contribution in [-0.4, -0.2) is 64.0 Å². The second kappa shape index (κ2) is 13.8. The van der Waals surface area contributed by atoms with Crippen molar-refractivity contribution >= 4 is 17.5 Å². The van der Waals surface area contributed by atoms with Crippen LogP contribution in [0.5, 0.6) is 0 Å². The van der Waals surface area contributed by atoms with E-state index in [0.717, 1.165) is 29.7 Å². The highest BCUT2D eigenvalue weighted by Crippen LogP contribution is 2.39. The molecule has 4 atom stereocenters. The van der Waals surface area contributed by atoms with Crippen molar-refractivity contribution in [1.29, 1.82) is 0 Å². The van der Waals surface area contributed by atoms with Crippen molar-refractivity contribution in [1.82, 2.24) is 10.4 Å². The molecule has 2 aliphatic rings. The number of rotatable bonds is 11. The van der Waals surface area contributed by atoms with Gasteiger partial charge in [0.1, 0.15) is 0 Å². The third-order valence-electron chi connectivity index (χ3n) is 6.95. The van der Waals surface area contributed by atoms with E-state index in [2.05, 4.69) is 10.2 Å². The van der Waals surface area contributed by atoms with Gasteiger partial charge in [0.25, 0.3) is 0 Å². The summed E-state index contributed by atoms with van der Waals surface area (Å²) in [7, 11) is 0. The molecule has 0 aromatic heterocycles. The molecule has 2 aliphatic heterocycles. The first-order chi connectivity index (χ1) is 18.4. The van der Waals surface area contributed by atoms with Gasteiger partial charge >= 0.3 is 0 Å². The predicted molar refractivity (Wildman–Crippen MR) is 139 cm³/mol. The highest BCUT2D eigenvalue weighted by Gasteiger charge is 2.34. The van der Waals surface area contributed by atoms with E-state index in [0.29, 0.717) is 38.0 Å². The second-order valence-electron chi connectivity index (χ2n) is 9.97. The molecule has 4 rings (SSSR count). The van der Waals surface area contributed by atoms with Gasteiger partial charge in [-0.15, -0.1) is 0 Å². The van der Waals surface area contributed by atoms with Crippen LogP contribution < -0.4 is 10.8 Å². The maximum atomic E-state index is 12.4. The summed E-state index contributed by atoms with van der Waals surface area (Å²) in [5, 5.41) is 30.8. The molecule has 0 aliphatic carbocycles. The summed E-state index contributed by atoms with van der Waals surface area (Å²) in [6.45, 7) is 2.13. The maximum Gasteiger partial charge on any atom is 0.243 e. The minimum absolute atomic E-state index is 0.0199.